The van der Waals surface area contributed by atoms with E-state index >= 15 is 0 Å². The van der Waals surface area contributed by atoms with E-state index in [-0.39, 0.29) is 18.2 Å². The van der Waals surface area contributed by atoms with Gasteiger partial charge < -0.3 is 10.5 Å². The molecule has 0 fully saturated rings. The van der Waals surface area contributed by atoms with Gasteiger partial charge in [-0.3, -0.25) is 5.41 Å². The van der Waals surface area contributed by atoms with Crippen LogP contribution >= 0.6 is 0 Å². The van der Waals surface area contributed by atoms with Crippen LogP contribution in [0.2, 0.25) is 0 Å². The first-order valence-corrected chi connectivity index (χ1v) is 4.03. The summed E-state index contributed by atoms with van der Waals surface area (Å²) < 4.78 is 42.0. The number of hydrogen-bond acceptors (Lipinski definition) is 2. The Balaban J connectivity index is 2.92. The second-order valence-corrected chi connectivity index (χ2v) is 2.81. The summed E-state index contributed by atoms with van der Waals surface area (Å²) in [6.07, 6.45) is -4.46. The fourth-order valence-corrected chi connectivity index (χ4v) is 0.982. The number of benzene rings is 1. The van der Waals surface area contributed by atoms with Gasteiger partial charge in [0.1, 0.15) is 18.2 Å². The Morgan fingerprint density at radius 3 is 2.47 bits per heavy atom. The van der Waals surface area contributed by atoms with Gasteiger partial charge >= 0.3 is 6.18 Å². The van der Waals surface area contributed by atoms with Crippen LogP contribution in [0.5, 0.6) is 5.75 Å². The summed E-state index contributed by atoms with van der Waals surface area (Å²) >= 11 is 0. The largest absolute Gasteiger partial charge is 0.485 e. The van der Waals surface area contributed by atoms with Gasteiger partial charge in [0.2, 0.25) is 0 Å². The molecule has 6 heteroatoms. The van der Waals surface area contributed by atoms with Crippen molar-refractivity contribution in [1.29, 1.82) is 5.41 Å². The summed E-state index contributed by atoms with van der Waals surface area (Å²) in [6, 6.07) is 4.79. The van der Waals surface area contributed by atoms with E-state index in [2.05, 4.69) is 0 Å². The van der Waals surface area contributed by atoms with Crippen LogP contribution in [0.4, 0.5) is 13.2 Å². The smallest absolute Gasteiger partial charge is 0.419 e. The minimum absolute atomic E-state index is 0.319. The molecule has 1 rings (SSSR count). The number of alkyl halides is 3. The van der Waals surface area contributed by atoms with E-state index in [0.717, 1.165) is 6.07 Å². The van der Waals surface area contributed by atoms with Crippen LogP contribution in [0, 0.1) is 5.41 Å². The van der Waals surface area contributed by atoms with E-state index in [1.54, 1.807) is 0 Å². The number of nitrogens with two attached hydrogens (primary N) is 1. The third-order valence-corrected chi connectivity index (χ3v) is 1.58. The van der Waals surface area contributed by atoms with Crippen LogP contribution in [-0.2, 0) is 6.18 Å². The maximum absolute atomic E-state index is 12.4. The minimum atomic E-state index is -4.46. The number of halogens is 3. The van der Waals surface area contributed by atoms with E-state index in [1.165, 1.54) is 18.2 Å². The number of hydrogen-bond donors (Lipinski definition) is 2. The zero-order valence-electron chi connectivity index (χ0n) is 7.64. The predicted octanol–water partition coefficient (Wildman–Crippen LogP) is 2.02. The Morgan fingerprint density at radius 1 is 1.33 bits per heavy atom. The zero-order valence-corrected chi connectivity index (χ0v) is 7.64. The number of nitrogens with one attached hydrogen (secondary N) is 1. The SMILES string of the molecule is N=C(N)COc1ccccc1C(F)(F)F. The van der Waals surface area contributed by atoms with Gasteiger partial charge in [0.05, 0.1) is 5.56 Å². The highest BCUT2D eigenvalue weighted by Crippen LogP contribution is 2.35. The Hall–Kier alpha value is -1.72. The first kappa shape index (κ1) is 11.4. The lowest BCUT2D eigenvalue weighted by Gasteiger charge is -2.12. The molecule has 1 aromatic carbocycles. The summed E-state index contributed by atoms with van der Waals surface area (Å²) in [7, 11) is 0. The lowest BCUT2D eigenvalue weighted by Crippen LogP contribution is -2.20. The van der Waals surface area contributed by atoms with Gasteiger partial charge in [-0.2, -0.15) is 13.2 Å². The first-order chi connectivity index (χ1) is 6.91. The molecule has 0 spiro atoms. The molecule has 15 heavy (non-hydrogen) atoms. The predicted molar refractivity (Wildman–Crippen MR) is 48.9 cm³/mol. The normalized spacial score (nSPS) is 11.1. The highest BCUT2D eigenvalue weighted by Gasteiger charge is 2.33. The zero-order chi connectivity index (χ0) is 11.5. The van der Waals surface area contributed by atoms with Crippen LogP contribution in [-0.4, -0.2) is 12.4 Å². The van der Waals surface area contributed by atoms with Gasteiger partial charge in [0.25, 0.3) is 0 Å². The summed E-state index contributed by atoms with van der Waals surface area (Å²) in [5.74, 6) is -0.646. The van der Waals surface area contributed by atoms with E-state index in [0.29, 0.717) is 0 Å². The van der Waals surface area contributed by atoms with E-state index in [4.69, 9.17) is 15.9 Å². The van der Waals surface area contributed by atoms with Crippen molar-refractivity contribution in [3.63, 3.8) is 0 Å². The fraction of sp³-hybridized carbons (Fsp3) is 0.222. The first-order valence-electron chi connectivity index (χ1n) is 4.03. The number of para-hydroxylation sites is 1. The van der Waals surface area contributed by atoms with Gasteiger partial charge in [-0.05, 0) is 12.1 Å². The van der Waals surface area contributed by atoms with E-state index in [9.17, 15) is 13.2 Å². The van der Waals surface area contributed by atoms with Gasteiger partial charge in [0.15, 0.2) is 0 Å². The molecule has 0 saturated heterocycles. The summed E-state index contributed by atoms with van der Waals surface area (Å²) in [6.45, 7) is -0.354. The molecule has 0 aliphatic carbocycles. The highest BCUT2D eigenvalue weighted by molar-refractivity contribution is 5.78. The number of amidine groups is 1. The summed E-state index contributed by atoms with van der Waals surface area (Å²) in [5, 5.41) is 6.84. The molecule has 3 N–H and O–H groups in total. The maximum atomic E-state index is 12.4. The van der Waals surface area contributed by atoms with Gasteiger partial charge in [-0.1, -0.05) is 12.1 Å². The molecule has 3 nitrogen and oxygen atoms in total. The molecule has 0 aliphatic rings. The molecule has 0 bridgehead atoms. The molecular weight excluding hydrogens is 209 g/mol. The number of ether oxygens (including phenoxy) is 1. The lowest BCUT2D eigenvalue weighted by atomic mass is 10.2. The Kier molecular flexibility index (Phi) is 3.18. The number of rotatable bonds is 3. The third-order valence-electron chi connectivity index (χ3n) is 1.58. The average molecular weight is 218 g/mol. The molecule has 0 aromatic heterocycles. The van der Waals surface area contributed by atoms with Crippen LogP contribution < -0.4 is 10.5 Å². The van der Waals surface area contributed by atoms with E-state index < -0.39 is 11.7 Å². The molecule has 0 aliphatic heterocycles. The Labute approximate surface area is 84.2 Å². The van der Waals surface area contributed by atoms with Crippen LogP contribution in [0.25, 0.3) is 0 Å². The van der Waals surface area contributed by atoms with Crippen LogP contribution in [0.15, 0.2) is 24.3 Å². The van der Waals surface area contributed by atoms with Crippen molar-refractivity contribution < 1.29 is 17.9 Å². The molecule has 0 heterocycles. The van der Waals surface area contributed by atoms with Crippen molar-refractivity contribution in [2.45, 2.75) is 6.18 Å². The maximum Gasteiger partial charge on any atom is 0.419 e. The van der Waals surface area contributed by atoms with Crippen LogP contribution in [0.1, 0.15) is 5.56 Å². The molecule has 0 radical (unpaired) electrons. The Bertz CT molecular complexity index is 363. The second-order valence-electron chi connectivity index (χ2n) is 2.81. The highest BCUT2D eigenvalue weighted by atomic mass is 19.4. The molecule has 82 valence electrons. The quantitative estimate of drug-likeness (QED) is 0.602. The van der Waals surface area contributed by atoms with E-state index in [1.807, 2.05) is 0 Å². The monoisotopic (exact) mass is 218 g/mol. The van der Waals surface area contributed by atoms with Crippen LogP contribution in [0.3, 0.4) is 0 Å². The second kappa shape index (κ2) is 4.20. The molecule has 0 amide bonds. The fourth-order valence-electron chi connectivity index (χ4n) is 0.982. The van der Waals surface area contributed by atoms with Crippen molar-refractivity contribution in [2.24, 2.45) is 5.73 Å². The van der Waals surface area contributed by atoms with Gasteiger partial charge in [-0.25, -0.2) is 0 Å². The van der Waals surface area contributed by atoms with Gasteiger partial charge in [0, 0.05) is 0 Å². The van der Waals surface area contributed by atoms with Crippen molar-refractivity contribution in [2.75, 3.05) is 6.61 Å². The van der Waals surface area contributed by atoms with Crippen molar-refractivity contribution >= 4 is 5.84 Å². The topological polar surface area (TPSA) is 59.1 Å². The van der Waals surface area contributed by atoms with Crippen molar-refractivity contribution in [3.05, 3.63) is 29.8 Å². The van der Waals surface area contributed by atoms with Gasteiger partial charge in [-0.15, -0.1) is 0 Å². The lowest BCUT2D eigenvalue weighted by molar-refractivity contribution is -0.138. The van der Waals surface area contributed by atoms with Crippen molar-refractivity contribution in [3.8, 4) is 5.75 Å². The minimum Gasteiger partial charge on any atom is -0.485 e. The molecule has 1 aromatic rings. The summed E-state index contributed by atoms with van der Waals surface area (Å²) in [5.41, 5.74) is 4.11. The molecule has 0 saturated carbocycles. The average Bonchev–Trinajstić information content (AvgIpc) is 2.13. The molecule has 0 unspecified atom stereocenters. The third kappa shape index (κ3) is 3.16. The molecule has 0 atom stereocenters. The standard InChI is InChI=1S/C9H9F3N2O/c10-9(11,12)6-3-1-2-4-7(6)15-5-8(13)14/h1-4H,5H2,(H3,13,14). The molecular formula is C9H9F3N2O. The van der Waals surface area contributed by atoms with Crippen molar-refractivity contribution in [1.82, 2.24) is 0 Å². The summed E-state index contributed by atoms with van der Waals surface area (Å²) in [4.78, 5) is 0. The Morgan fingerprint density at radius 2 is 1.93 bits per heavy atom.